The molecule has 0 saturated carbocycles. The molecule has 0 spiro atoms. The molecule has 0 aliphatic rings. The smallest absolute Gasteiger partial charge is 0.261 e. The molecule has 130 valence electrons. The summed E-state index contributed by atoms with van der Waals surface area (Å²) in [6.45, 7) is 4.19. The average molecular weight is 355 g/mol. The van der Waals surface area contributed by atoms with Gasteiger partial charge in [0.2, 0.25) is 0 Å². The lowest BCUT2D eigenvalue weighted by molar-refractivity contribution is 0.490. The maximum absolute atomic E-state index is 9.19. The van der Waals surface area contributed by atoms with Crippen molar-refractivity contribution in [1.29, 1.82) is 0 Å². The summed E-state index contributed by atoms with van der Waals surface area (Å²) in [5, 5.41) is 0. The molecule has 0 atom stereocenters. The van der Waals surface area contributed by atoms with Gasteiger partial charge in [0.25, 0.3) is 10.1 Å². The van der Waals surface area contributed by atoms with E-state index < -0.39 is 10.1 Å². The van der Waals surface area contributed by atoms with Crippen molar-refractivity contribution in [3.8, 4) is 22.5 Å². The summed E-state index contributed by atoms with van der Waals surface area (Å²) < 4.78 is 25.9. The lowest BCUT2D eigenvalue weighted by Gasteiger charge is -2.06. The molecule has 0 unspecified atom stereocenters. The molecule has 3 aromatic rings. The number of nitrogens with zero attached hydrogens (tertiary/aromatic N) is 1. The molecule has 0 bridgehead atoms. The molecule has 0 saturated heterocycles. The van der Waals surface area contributed by atoms with Gasteiger partial charge < -0.3 is 0 Å². The third-order valence-electron chi connectivity index (χ3n) is 3.44. The van der Waals surface area contributed by atoms with Gasteiger partial charge in [-0.25, -0.2) is 4.98 Å². The first-order chi connectivity index (χ1) is 11.7. The number of pyridine rings is 1. The van der Waals surface area contributed by atoms with Gasteiger partial charge in [0.1, 0.15) is 0 Å². The summed E-state index contributed by atoms with van der Waals surface area (Å²) in [5.41, 5.74) is 6.88. The second-order valence-electron chi connectivity index (χ2n) is 5.87. The average Bonchev–Trinajstić information content (AvgIpc) is 2.55. The Kier molecular flexibility index (Phi) is 6.07. The minimum Gasteiger partial charge on any atom is -0.286 e. The number of aryl methyl sites for hydroxylation is 2. The number of hydrogen-bond acceptors (Lipinski definition) is 3. The zero-order valence-electron chi connectivity index (χ0n) is 14.5. The predicted molar refractivity (Wildman–Crippen MR) is 102 cm³/mol. The van der Waals surface area contributed by atoms with Crippen LogP contribution in [-0.4, -0.2) is 24.2 Å². The van der Waals surface area contributed by atoms with Gasteiger partial charge >= 0.3 is 0 Å². The Morgan fingerprint density at radius 1 is 0.720 bits per heavy atom. The van der Waals surface area contributed by atoms with Gasteiger partial charge in [-0.1, -0.05) is 65.7 Å². The summed E-state index contributed by atoms with van der Waals surface area (Å²) in [6, 6.07) is 23.2. The van der Waals surface area contributed by atoms with Crippen LogP contribution in [0.1, 0.15) is 11.1 Å². The highest BCUT2D eigenvalue weighted by atomic mass is 32.2. The van der Waals surface area contributed by atoms with Crippen molar-refractivity contribution < 1.29 is 13.0 Å². The van der Waals surface area contributed by atoms with E-state index in [1.54, 1.807) is 0 Å². The van der Waals surface area contributed by atoms with Gasteiger partial charge in [-0.2, -0.15) is 8.42 Å². The van der Waals surface area contributed by atoms with E-state index in [9.17, 15) is 8.42 Å². The maximum atomic E-state index is 9.19. The summed E-state index contributed by atoms with van der Waals surface area (Å²) in [7, 11) is -3.67. The van der Waals surface area contributed by atoms with E-state index in [1.165, 1.54) is 11.1 Å². The molecule has 5 heteroatoms. The molecule has 1 N–H and O–H groups in total. The second-order valence-corrected chi connectivity index (χ2v) is 7.34. The van der Waals surface area contributed by atoms with Crippen LogP contribution in [0.4, 0.5) is 0 Å². The number of rotatable bonds is 2. The summed E-state index contributed by atoms with van der Waals surface area (Å²) in [5.74, 6) is 0. The third kappa shape index (κ3) is 6.49. The zero-order chi connectivity index (χ0) is 18.4. The van der Waals surface area contributed by atoms with Gasteiger partial charge in [-0.15, -0.1) is 0 Å². The van der Waals surface area contributed by atoms with E-state index in [2.05, 4.69) is 80.6 Å². The van der Waals surface area contributed by atoms with Crippen molar-refractivity contribution in [2.45, 2.75) is 13.8 Å². The maximum Gasteiger partial charge on any atom is 0.261 e. The second kappa shape index (κ2) is 8.05. The molecule has 0 aliphatic heterocycles. The highest BCUT2D eigenvalue weighted by molar-refractivity contribution is 7.85. The number of hydrogen-bond donors (Lipinski definition) is 1. The zero-order valence-corrected chi connectivity index (χ0v) is 15.3. The van der Waals surface area contributed by atoms with Crippen LogP contribution in [0.2, 0.25) is 0 Å². The summed E-state index contributed by atoms with van der Waals surface area (Å²) in [4.78, 5) is 4.77. The van der Waals surface area contributed by atoms with E-state index >= 15 is 0 Å². The Hall–Kier alpha value is -2.50. The topological polar surface area (TPSA) is 67.3 Å². The minimum atomic E-state index is -3.67. The lowest BCUT2D eigenvalue weighted by Crippen LogP contribution is -1.88. The molecule has 0 fully saturated rings. The fraction of sp³-hybridized carbons (Fsp3) is 0.150. The van der Waals surface area contributed by atoms with Crippen LogP contribution in [0.3, 0.4) is 0 Å². The molecule has 4 nitrogen and oxygen atoms in total. The van der Waals surface area contributed by atoms with Gasteiger partial charge in [-0.3, -0.25) is 4.55 Å². The lowest BCUT2D eigenvalue weighted by atomic mass is 10.1. The summed E-state index contributed by atoms with van der Waals surface area (Å²) in [6.07, 6.45) is 0.715. The molecule has 0 aliphatic carbocycles. The van der Waals surface area contributed by atoms with Crippen LogP contribution in [0, 0.1) is 13.8 Å². The quantitative estimate of drug-likeness (QED) is 0.686. The van der Waals surface area contributed by atoms with Gasteiger partial charge in [0.05, 0.1) is 17.6 Å². The molecular weight excluding hydrogens is 334 g/mol. The molecule has 2 aromatic carbocycles. The highest BCUT2D eigenvalue weighted by Gasteiger charge is 2.03. The van der Waals surface area contributed by atoms with Crippen molar-refractivity contribution in [1.82, 2.24) is 4.98 Å². The largest absolute Gasteiger partial charge is 0.286 e. The summed E-state index contributed by atoms with van der Waals surface area (Å²) >= 11 is 0. The number of aromatic nitrogens is 1. The van der Waals surface area contributed by atoms with E-state index in [4.69, 9.17) is 9.54 Å². The van der Waals surface area contributed by atoms with Crippen molar-refractivity contribution in [3.05, 3.63) is 77.9 Å². The van der Waals surface area contributed by atoms with Crippen molar-refractivity contribution in [3.63, 3.8) is 0 Å². The molecule has 1 aromatic heterocycles. The van der Waals surface area contributed by atoms with Crippen molar-refractivity contribution >= 4 is 10.1 Å². The van der Waals surface area contributed by atoms with Crippen molar-refractivity contribution in [2.75, 3.05) is 6.26 Å². The van der Waals surface area contributed by atoms with Crippen LogP contribution >= 0.6 is 0 Å². The Morgan fingerprint density at radius 2 is 1.04 bits per heavy atom. The standard InChI is InChI=1S/C19H17N.CH4O3S/c1-14-6-10-16(11-7-14)18-4-3-5-19(20-18)17-12-8-15(2)9-13-17;1-5(2,3)4/h3-13H,1-2H3;1H3,(H,2,3,4). The van der Waals surface area contributed by atoms with Crippen LogP contribution in [-0.2, 0) is 10.1 Å². The Morgan fingerprint density at radius 3 is 1.36 bits per heavy atom. The Labute approximate surface area is 148 Å². The highest BCUT2D eigenvalue weighted by Crippen LogP contribution is 2.23. The third-order valence-corrected chi connectivity index (χ3v) is 3.44. The molecule has 0 radical (unpaired) electrons. The molecule has 3 rings (SSSR count). The van der Waals surface area contributed by atoms with E-state index in [0.29, 0.717) is 6.26 Å². The van der Waals surface area contributed by atoms with E-state index in [-0.39, 0.29) is 0 Å². The minimum absolute atomic E-state index is 0.715. The SMILES string of the molecule is CS(=O)(=O)O.Cc1ccc(-c2cccc(-c3ccc(C)cc3)n2)cc1. The first-order valence-corrected chi connectivity index (χ1v) is 9.61. The Balaban J connectivity index is 0.000000399. The van der Waals surface area contributed by atoms with Crippen LogP contribution in [0.15, 0.2) is 66.7 Å². The van der Waals surface area contributed by atoms with Gasteiger partial charge in [0.15, 0.2) is 0 Å². The monoisotopic (exact) mass is 355 g/mol. The predicted octanol–water partition coefficient (Wildman–Crippen LogP) is 4.54. The molecule has 0 amide bonds. The molecule has 1 heterocycles. The molecular formula is C20H21NO3S. The van der Waals surface area contributed by atoms with Crippen molar-refractivity contribution in [2.24, 2.45) is 0 Å². The Bertz CT molecular complexity index is 863. The fourth-order valence-electron chi connectivity index (χ4n) is 2.20. The molecule has 25 heavy (non-hydrogen) atoms. The first kappa shape index (κ1) is 18.8. The number of benzene rings is 2. The van der Waals surface area contributed by atoms with Gasteiger partial charge in [0, 0.05) is 11.1 Å². The van der Waals surface area contributed by atoms with Crippen LogP contribution < -0.4 is 0 Å². The first-order valence-electron chi connectivity index (χ1n) is 7.76. The van der Waals surface area contributed by atoms with Crippen LogP contribution in [0.5, 0.6) is 0 Å². The van der Waals surface area contributed by atoms with Gasteiger partial charge in [-0.05, 0) is 26.0 Å². The van der Waals surface area contributed by atoms with Crippen LogP contribution in [0.25, 0.3) is 22.5 Å². The normalized spacial score (nSPS) is 10.7. The fourth-order valence-corrected chi connectivity index (χ4v) is 2.20. The van der Waals surface area contributed by atoms with E-state index in [1.807, 2.05) is 0 Å². The van der Waals surface area contributed by atoms with E-state index in [0.717, 1.165) is 22.5 Å².